The Morgan fingerprint density at radius 2 is 0.937 bits per heavy atom. The largest absolute Gasteiger partial charge is 0.309 e. The van der Waals surface area contributed by atoms with Gasteiger partial charge in [-0.25, -0.2) is 0 Å². The first-order valence-electron chi connectivity index (χ1n) is 25.9. The highest BCUT2D eigenvalue weighted by Crippen LogP contribution is 2.39. The molecule has 0 radical (unpaired) electrons. The number of rotatable bonds is 8. The molecule has 12 rings (SSSR count). The van der Waals surface area contributed by atoms with Gasteiger partial charge in [0.2, 0.25) is 0 Å². The molecule has 2 nitrogen and oxygen atoms in total. The molecule has 0 amide bonds. The maximum absolute atomic E-state index is 9.76. The Morgan fingerprint density at radius 3 is 1.70 bits per heavy atom. The molecule has 0 saturated carbocycles. The van der Waals surface area contributed by atoms with Gasteiger partial charge in [0.1, 0.15) is 0 Å². The van der Waals surface area contributed by atoms with Crippen LogP contribution in [0.2, 0.25) is 0 Å². The Hall–Kier alpha value is -7.98. The first-order chi connectivity index (χ1) is 35.4. The number of benzene rings is 10. The minimum absolute atomic E-state index is 0.0398. The van der Waals surface area contributed by atoms with E-state index < -0.39 is 44.3 Å². The second kappa shape index (κ2) is 15.2. The van der Waals surface area contributed by atoms with Gasteiger partial charge in [0.15, 0.2) is 8.07 Å². The lowest BCUT2D eigenvalue weighted by Gasteiger charge is -2.35. The molecule has 1 unspecified atom stereocenters. The van der Waals surface area contributed by atoms with Crippen LogP contribution < -0.4 is 20.7 Å². The fourth-order valence-corrected chi connectivity index (χ4v) is 14.5. The summed E-state index contributed by atoms with van der Waals surface area (Å²) in [5.74, 6) is 0. The summed E-state index contributed by atoms with van der Waals surface area (Å²) in [5.41, 5.74) is 8.49. The molecule has 10 aromatic carbocycles. The average Bonchev–Trinajstić information content (AvgIpc) is 3.95. The minimum Gasteiger partial charge on any atom is -0.309 e. The summed E-state index contributed by atoms with van der Waals surface area (Å²) < 4.78 is 93.8. The summed E-state index contributed by atoms with van der Waals surface area (Å²) in [7, 11) is -4.09. The van der Waals surface area contributed by atoms with Crippen molar-refractivity contribution < 1.29 is 13.7 Å². The van der Waals surface area contributed by atoms with Crippen molar-refractivity contribution in [2.75, 3.05) is 0 Å². The van der Waals surface area contributed by atoms with Crippen LogP contribution in [0.25, 0.3) is 77.2 Å². The van der Waals surface area contributed by atoms with Gasteiger partial charge >= 0.3 is 0 Å². The maximum Gasteiger partial charge on any atom is 0.180 e. The summed E-state index contributed by atoms with van der Waals surface area (Å²) in [5, 5.41) is 6.31. The second-order valence-electron chi connectivity index (χ2n) is 15.7. The third kappa shape index (κ3) is 5.85. The molecule has 0 spiro atoms. The van der Waals surface area contributed by atoms with Crippen LogP contribution in [0, 0.1) is 0 Å². The Labute approximate surface area is 382 Å². The second-order valence-corrected chi connectivity index (χ2v) is 19.4. The van der Waals surface area contributed by atoms with Gasteiger partial charge in [-0.2, -0.15) is 0 Å². The van der Waals surface area contributed by atoms with Gasteiger partial charge in [-0.1, -0.05) is 212 Å². The minimum atomic E-state index is -4.09. The molecule has 2 aromatic heterocycles. The Kier molecular flexibility index (Phi) is 6.69. The van der Waals surface area contributed by atoms with Crippen molar-refractivity contribution in [1.82, 2.24) is 9.13 Å². The van der Waals surface area contributed by atoms with Gasteiger partial charge < -0.3 is 9.13 Å². The zero-order valence-corrected chi connectivity index (χ0v) is 34.9. The van der Waals surface area contributed by atoms with E-state index in [0.717, 1.165) is 76.5 Å². The highest BCUT2D eigenvalue weighted by Gasteiger charge is 2.43. The molecule has 0 aliphatic carbocycles. The number of hydrogen-bond donors (Lipinski definition) is 0. The predicted molar refractivity (Wildman–Crippen MR) is 270 cm³/mol. The summed E-state index contributed by atoms with van der Waals surface area (Å²) >= 11 is 0. The quantitative estimate of drug-likeness (QED) is 0.107. The highest BCUT2D eigenvalue weighted by molar-refractivity contribution is 7.20. The fourth-order valence-electron chi connectivity index (χ4n) is 9.81. The van der Waals surface area contributed by atoms with Gasteiger partial charge in [-0.05, 0) is 79.9 Å². The number of hydrogen-bond acceptors (Lipinski definition) is 0. The van der Waals surface area contributed by atoms with E-state index in [1.54, 1.807) is 12.1 Å². The van der Waals surface area contributed by atoms with Gasteiger partial charge in [0, 0.05) is 32.8 Å². The van der Waals surface area contributed by atoms with E-state index in [1.807, 2.05) is 72.8 Å². The number of para-hydroxylation sites is 3. The summed E-state index contributed by atoms with van der Waals surface area (Å²) in [6.45, 7) is 0. The van der Waals surface area contributed by atoms with Crippen molar-refractivity contribution in [3.05, 3.63) is 255 Å². The molecule has 0 saturated heterocycles. The van der Waals surface area contributed by atoms with Crippen molar-refractivity contribution in [1.29, 1.82) is 0 Å². The van der Waals surface area contributed by atoms with Crippen LogP contribution in [0.4, 0.5) is 0 Å². The average molecular weight is 829 g/mol. The van der Waals surface area contributed by atoms with Crippen molar-refractivity contribution in [2.45, 2.75) is 0 Å². The standard InChI is InChI=1S/C60H42N2Si/c1-5-20-43(21-6-1)44-36-39-49(40-37-44)63(47-24-9-3-10-25-47,48-26-11-4-12-27-48)59-35-19-34-58-60(59)52-30-15-18-33-56(52)61(58)46-38-41-57-53(42-46)51-29-14-17-32-55(51)62(57)54-31-16-13-28-50(54)45-22-7-2-8-23-45/h1-42H/i1D,3D,5D,6D,9D,10D,20D,21D,24D,25D. The molecular formula is C60H42N2Si. The van der Waals surface area contributed by atoms with Crippen LogP contribution in [0.5, 0.6) is 0 Å². The molecule has 3 heteroatoms. The monoisotopic (exact) mass is 828 g/mol. The SMILES string of the molecule is [2H]c1c([2H])c([2H])c(-c2ccc([Si](c3ccccc3)(c3c([2H])c([2H])c([2H])c([2H])c3[2H])c3cccc4c3c3ccccc3n4-c3ccc4c(c3)c3ccccc3n4-c3ccccc3-c3ccccc3)cc2)c([2H])c1[2H]. The summed E-state index contributed by atoms with van der Waals surface area (Å²) in [6.07, 6.45) is 0. The van der Waals surface area contributed by atoms with Crippen molar-refractivity contribution >= 4 is 72.4 Å². The molecule has 2 heterocycles. The zero-order valence-electron chi connectivity index (χ0n) is 43.9. The normalized spacial score (nSPS) is 14.8. The highest BCUT2D eigenvalue weighted by atomic mass is 28.3. The summed E-state index contributed by atoms with van der Waals surface area (Å²) in [4.78, 5) is 0. The number of aromatic nitrogens is 2. The van der Waals surface area contributed by atoms with Crippen LogP contribution in [0.3, 0.4) is 0 Å². The number of nitrogens with zero attached hydrogens (tertiary/aromatic N) is 2. The van der Waals surface area contributed by atoms with E-state index in [1.165, 1.54) is 0 Å². The van der Waals surface area contributed by atoms with Crippen LogP contribution in [-0.4, -0.2) is 17.2 Å². The van der Waals surface area contributed by atoms with Gasteiger partial charge in [0.05, 0.1) is 41.5 Å². The molecule has 0 fully saturated rings. The van der Waals surface area contributed by atoms with Crippen LogP contribution in [-0.2, 0) is 0 Å². The van der Waals surface area contributed by atoms with E-state index in [9.17, 15) is 2.74 Å². The Morgan fingerprint density at radius 1 is 0.349 bits per heavy atom. The third-order valence-electron chi connectivity index (χ3n) is 12.4. The predicted octanol–water partition coefficient (Wildman–Crippen LogP) is 12.6. The smallest absolute Gasteiger partial charge is 0.180 e. The number of fused-ring (bicyclic) bond motifs is 6. The molecule has 12 aromatic rings. The lowest BCUT2D eigenvalue weighted by atomic mass is 10.0. The van der Waals surface area contributed by atoms with E-state index in [4.69, 9.17) is 11.0 Å². The molecule has 0 N–H and O–H groups in total. The lowest BCUT2D eigenvalue weighted by Crippen LogP contribution is -2.74. The molecule has 1 atom stereocenters. The maximum atomic E-state index is 9.76. The van der Waals surface area contributed by atoms with E-state index in [2.05, 4.69) is 118 Å². The van der Waals surface area contributed by atoms with Gasteiger partial charge in [-0.15, -0.1) is 0 Å². The van der Waals surface area contributed by atoms with Crippen LogP contribution in [0.15, 0.2) is 255 Å². The Bertz CT molecular complexity index is 4150. The Balaban J connectivity index is 1.17. The van der Waals surface area contributed by atoms with E-state index in [0.29, 0.717) is 10.8 Å². The van der Waals surface area contributed by atoms with Gasteiger partial charge in [-0.3, -0.25) is 0 Å². The van der Waals surface area contributed by atoms with Gasteiger partial charge in [0.25, 0.3) is 0 Å². The third-order valence-corrected chi connectivity index (χ3v) is 17.1. The fraction of sp³-hybridized carbons (Fsp3) is 0. The van der Waals surface area contributed by atoms with Crippen LogP contribution >= 0.6 is 0 Å². The van der Waals surface area contributed by atoms with Crippen molar-refractivity contribution in [3.63, 3.8) is 0 Å². The van der Waals surface area contributed by atoms with Crippen molar-refractivity contribution in [3.8, 4) is 33.6 Å². The lowest BCUT2D eigenvalue weighted by molar-refractivity contribution is 1.17. The zero-order chi connectivity index (χ0) is 50.4. The topological polar surface area (TPSA) is 9.86 Å². The van der Waals surface area contributed by atoms with E-state index >= 15 is 0 Å². The first kappa shape index (κ1) is 27.8. The molecule has 296 valence electrons. The molecule has 0 bridgehead atoms. The van der Waals surface area contributed by atoms with Crippen LogP contribution in [0.1, 0.15) is 13.7 Å². The molecule has 63 heavy (non-hydrogen) atoms. The first-order valence-corrected chi connectivity index (χ1v) is 22.9. The van der Waals surface area contributed by atoms with E-state index in [-0.39, 0.29) is 34.9 Å². The molecule has 0 aliphatic heterocycles. The molecule has 0 aliphatic rings. The molecular weight excluding hydrogens is 777 g/mol. The van der Waals surface area contributed by atoms with Crippen molar-refractivity contribution in [2.24, 2.45) is 0 Å². The summed E-state index contributed by atoms with van der Waals surface area (Å²) in [6, 6.07) is 60.8.